The van der Waals surface area contributed by atoms with E-state index in [0.717, 1.165) is 6.42 Å². The zero-order valence-electron chi connectivity index (χ0n) is 11.2. The first-order valence-corrected chi connectivity index (χ1v) is 6.30. The SMILES string of the molecule is Cc1ccc2cc(CCN(C)C(=O)C=O)ccc2c1. The second kappa shape index (κ2) is 5.65. The Labute approximate surface area is 112 Å². The number of aldehydes is 1. The highest BCUT2D eigenvalue weighted by atomic mass is 16.2. The van der Waals surface area contributed by atoms with Gasteiger partial charge in [0.1, 0.15) is 0 Å². The molecule has 0 radical (unpaired) electrons. The minimum absolute atomic E-state index is 0.350. The van der Waals surface area contributed by atoms with E-state index in [1.165, 1.54) is 26.8 Å². The maximum absolute atomic E-state index is 11.1. The number of aryl methyl sites for hydroxylation is 1. The molecule has 0 atom stereocenters. The van der Waals surface area contributed by atoms with E-state index in [-0.39, 0.29) is 0 Å². The van der Waals surface area contributed by atoms with Crippen LogP contribution in [0.15, 0.2) is 36.4 Å². The Kier molecular flexibility index (Phi) is 3.95. The first-order chi connectivity index (χ1) is 9.10. The average Bonchev–Trinajstić information content (AvgIpc) is 2.43. The van der Waals surface area contributed by atoms with Crippen LogP contribution in [0.5, 0.6) is 0 Å². The molecule has 98 valence electrons. The number of benzene rings is 2. The molecule has 0 unspecified atom stereocenters. The summed E-state index contributed by atoms with van der Waals surface area (Å²) < 4.78 is 0. The normalized spacial score (nSPS) is 10.4. The topological polar surface area (TPSA) is 37.4 Å². The van der Waals surface area contributed by atoms with Gasteiger partial charge in [0, 0.05) is 13.6 Å². The van der Waals surface area contributed by atoms with Crippen LogP contribution in [0.4, 0.5) is 0 Å². The van der Waals surface area contributed by atoms with Crippen molar-refractivity contribution in [2.45, 2.75) is 13.3 Å². The van der Waals surface area contributed by atoms with Gasteiger partial charge in [-0.2, -0.15) is 0 Å². The first-order valence-electron chi connectivity index (χ1n) is 6.30. The quantitative estimate of drug-likeness (QED) is 0.621. The Morgan fingerprint density at radius 2 is 1.84 bits per heavy atom. The number of fused-ring (bicyclic) bond motifs is 1. The van der Waals surface area contributed by atoms with Gasteiger partial charge in [-0.05, 0) is 29.7 Å². The molecular weight excluding hydrogens is 238 g/mol. The molecule has 0 saturated heterocycles. The summed E-state index contributed by atoms with van der Waals surface area (Å²) in [6, 6.07) is 12.7. The molecule has 0 N–H and O–H groups in total. The number of nitrogens with zero attached hydrogens (tertiary/aromatic N) is 1. The number of carbonyl (C=O) groups excluding carboxylic acids is 2. The molecular formula is C16H17NO2. The molecule has 3 nitrogen and oxygen atoms in total. The summed E-state index contributed by atoms with van der Waals surface area (Å²) in [5.41, 5.74) is 2.42. The molecule has 2 aromatic carbocycles. The van der Waals surface area contributed by atoms with Gasteiger partial charge in [0.2, 0.25) is 6.29 Å². The van der Waals surface area contributed by atoms with E-state index in [4.69, 9.17) is 0 Å². The van der Waals surface area contributed by atoms with E-state index in [9.17, 15) is 9.59 Å². The summed E-state index contributed by atoms with van der Waals surface area (Å²) in [5, 5.41) is 2.42. The van der Waals surface area contributed by atoms with Gasteiger partial charge in [-0.25, -0.2) is 0 Å². The van der Waals surface area contributed by atoms with Gasteiger partial charge in [-0.3, -0.25) is 9.59 Å². The predicted molar refractivity (Wildman–Crippen MR) is 76.1 cm³/mol. The number of likely N-dealkylation sites (N-methyl/N-ethyl adjacent to an activating group) is 1. The number of carbonyl (C=O) groups is 2. The van der Waals surface area contributed by atoms with Gasteiger partial charge in [-0.1, -0.05) is 42.0 Å². The fourth-order valence-electron chi connectivity index (χ4n) is 2.07. The van der Waals surface area contributed by atoms with Gasteiger partial charge in [0.05, 0.1) is 0 Å². The van der Waals surface area contributed by atoms with Crippen molar-refractivity contribution in [3.8, 4) is 0 Å². The van der Waals surface area contributed by atoms with Crippen LogP contribution in [0, 0.1) is 6.92 Å². The van der Waals surface area contributed by atoms with Crippen LogP contribution in [0.3, 0.4) is 0 Å². The highest BCUT2D eigenvalue weighted by Crippen LogP contribution is 2.18. The average molecular weight is 255 g/mol. The van der Waals surface area contributed by atoms with Crippen molar-refractivity contribution in [3.05, 3.63) is 47.5 Å². The Hall–Kier alpha value is -2.16. The lowest BCUT2D eigenvalue weighted by Gasteiger charge is -2.13. The Bertz CT molecular complexity index is 619. The van der Waals surface area contributed by atoms with Gasteiger partial charge in [0.25, 0.3) is 5.91 Å². The van der Waals surface area contributed by atoms with Crippen LogP contribution < -0.4 is 0 Å². The summed E-state index contributed by atoms with van der Waals surface area (Å²) in [6.45, 7) is 2.63. The molecule has 0 saturated carbocycles. The fourth-order valence-corrected chi connectivity index (χ4v) is 2.07. The van der Waals surface area contributed by atoms with Crippen molar-refractivity contribution in [2.75, 3.05) is 13.6 Å². The monoisotopic (exact) mass is 255 g/mol. The lowest BCUT2D eigenvalue weighted by atomic mass is 10.0. The molecule has 0 aromatic heterocycles. The van der Waals surface area contributed by atoms with Gasteiger partial charge < -0.3 is 4.90 Å². The third-order valence-corrected chi connectivity index (χ3v) is 3.27. The Morgan fingerprint density at radius 3 is 2.58 bits per heavy atom. The van der Waals surface area contributed by atoms with Crippen LogP contribution in [0.1, 0.15) is 11.1 Å². The molecule has 2 aromatic rings. The van der Waals surface area contributed by atoms with Crippen molar-refractivity contribution in [3.63, 3.8) is 0 Å². The molecule has 0 aliphatic carbocycles. The molecule has 1 amide bonds. The zero-order chi connectivity index (χ0) is 13.8. The van der Waals surface area contributed by atoms with Crippen molar-refractivity contribution in [1.82, 2.24) is 4.90 Å². The second-order valence-electron chi connectivity index (χ2n) is 4.81. The van der Waals surface area contributed by atoms with Crippen molar-refractivity contribution >= 4 is 23.0 Å². The van der Waals surface area contributed by atoms with Crippen molar-refractivity contribution in [1.29, 1.82) is 0 Å². The molecule has 2 rings (SSSR count). The van der Waals surface area contributed by atoms with Crippen LogP contribution >= 0.6 is 0 Å². The lowest BCUT2D eigenvalue weighted by molar-refractivity contribution is -0.137. The highest BCUT2D eigenvalue weighted by molar-refractivity contribution is 6.23. The number of hydrogen-bond donors (Lipinski definition) is 0. The molecule has 0 aliphatic rings. The smallest absolute Gasteiger partial charge is 0.286 e. The zero-order valence-corrected chi connectivity index (χ0v) is 11.2. The van der Waals surface area contributed by atoms with E-state index < -0.39 is 5.91 Å². The number of amides is 1. The van der Waals surface area contributed by atoms with Crippen molar-refractivity contribution < 1.29 is 9.59 Å². The summed E-state index contributed by atoms with van der Waals surface area (Å²) in [4.78, 5) is 23.0. The minimum atomic E-state index is -0.476. The third kappa shape index (κ3) is 3.19. The second-order valence-corrected chi connectivity index (χ2v) is 4.81. The molecule has 0 spiro atoms. The maximum atomic E-state index is 11.1. The summed E-state index contributed by atoms with van der Waals surface area (Å²) in [5.74, 6) is -0.476. The number of hydrogen-bond acceptors (Lipinski definition) is 2. The Morgan fingerprint density at radius 1 is 1.16 bits per heavy atom. The molecule has 3 heteroatoms. The Balaban J connectivity index is 2.11. The molecule has 0 heterocycles. The maximum Gasteiger partial charge on any atom is 0.286 e. The molecule has 0 fully saturated rings. The van der Waals surface area contributed by atoms with E-state index in [0.29, 0.717) is 12.8 Å². The molecule has 0 bridgehead atoms. The van der Waals surface area contributed by atoms with Crippen LogP contribution in [0.2, 0.25) is 0 Å². The number of rotatable bonds is 4. The fraction of sp³-hybridized carbons (Fsp3) is 0.250. The van der Waals surface area contributed by atoms with Crippen LogP contribution in [0.25, 0.3) is 10.8 Å². The van der Waals surface area contributed by atoms with Crippen molar-refractivity contribution in [2.24, 2.45) is 0 Å². The predicted octanol–water partition coefficient (Wildman–Crippen LogP) is 2.35. The van der Waals surface area contributed by atoms with Crippen LogP contribution in [-0.2, 0) is 16.0 Å². The van der Waals surface area contributed by atoms with E-state index in [2.05, 4.69) is 43.3 Å². The minimum Gasteiger partial charge on any atom is -0.339 e. The highest BCUT2D eigenvalue weighted by Gasteiger charge is 2.06. The van der Waals surface area contributed by atoms with E-state index >= 15 is 0 Å². The van der Waals surface area contributed by atoms with Gasteiger partial charge >= 0.3 is 0 Å². The van der Waals surface area contributed by atoms with Crippen LogP contribution in [-0.4, -0.2) is 30.7 Å². The third-order valence-electron chi connectivity index (χ3n) is 3.27. The first kappa shape index (κ1) is 13.3. The van der Waals surface area contributed by atoms with Gasteiger partial charge in [-0.15, -0.1) is 0 Å². The van der Waals surface area contributed by atoms with E-state index in [1.807, 2.05) is 0 Å². The standard InChI is InChI=1S/C16H17NO2/c1-12-3-5-15-10-13(4-6-14(15)9-12)7-8-17(2)16(19)11-18/h3-6,9-11H,7-8H2,1-2H3. The molecule has 19 heavy (non-hydrogen) atoms. The summed E-state index contributed by atoms with van der Waals surface area (Å²) in [7, 11) is 1.64. The van der Waals surface area contributed by atoms with E-state index in [1.54, 1.807) is 7.05 Å². The molecule has 0 aliphatic heterocycles. The lowest BCUT2D eigenvalue weighted by Crippen LogP contribution is -2.29. The van der Waals surface area contributed by atoms with Gasteiger partial charge in [0.15, 0.2) is 0 Å². The summed E-state index contributed by atoms with van der Waals surface area (Å²) in [6.07, 6.45) is 1.10. The summed E-state index contributed by atoms with van der Waals surface area (Å²) >= 11 is 0. The largest absolute Gasteiger partial charge is 0.339 e.